The molecule has 0 amide bonds. The monoisotopic (exact) mass is 903 g/mol. The van der Waals surface area contributed by atoms with Crippen LogP contribution in [0.4, 0.5) is 11.4 Å². The Labute approximate surface area is 410 Å². The SMILES string of the molecule is CC1=C(C)N(c2cc(-c3ccccc3)cc(C(c3ccccc3)(c3ccccc3)c3ccc4c5ccccc5n(-c5cc(CC(C)C)ccn5)c4c3)c2)CN1c1cc(C(C)(C)C)cc(C(C)(C)C)c1. The lowest BCUT2D eigenvalue weighted by molar-refractivity contribution is 0.568. The van der Waals surface area contributed by atoms with E-state index in [0.29, 0.717) is 12.6 Å². The van der Waals surface area contributed by atoms with Crippen molar-refractivity contribution in [1.82, 2.24) is 9.55 Å². The molecule has 7 aromatic carbocycles. The van der Waals surface area contributed by atoms with Crippen LogP contribution in [0.1, 0.15) is 108 Å². The van der Waals surface area contributed by atoms with Crippen LogP contribution in [0.3, 0.4) is 0 Å². The molecule has 0 N–H and O–H groups in total. The molecule has 3 heterocycles. The predicted molar refractivity (Wildman–Crippen MR) is 293 cm³/mol. The molecule has 0 unspecified atom stereocenters. The highest BCUT2D eigenvalue weighted by molar-refractivity contribution is 6.09. The molecule has 0 radical (unpaired) electrons. The molecule has 1 aliphatic rings. The first kappa shape index (κ1) is 45.6. The van der Waals surface area contributed by atoms with Crippen molar-refractivity contribution in [1.29, 1.82) is 0 Å². The highest BCUT2D eigenvalue weighted by Gasteiger charge is 2.40. The standard InChI is InChI=1S/C65H66N4/c1-44(2)34-47-32-33-66-62(35-47)69-60-29-21-20-28-58(60)59-31-30-52(42-61(59)69)65(50-24-16-12-17-25-50,51-26-18-13-19-27-51)55-36-49(48-22-14-11-15-23-48)37-56(41-55)67-43-68(46(4)45(67)3)57-39-53(63(5,6)7)38-54(40-57)64(8,9)10/h11-33,35-42,44H,34,43H2,1-10H3. The topological polar surface area (TPSA) is 24.3 Å². The number of benzene rings is 7. The number of fused-ring (bicyclic) bond motifs is 3. The minimum absolute atomic E-state index is 0.00486. The number of hydrogen-bond donors (Lipinski definition) is 0. The fourth-order valence-corrected chi connectivity index (χ4v) is 10.7. The van der Waals surface area contributed by atoms with Crippen LogP contribution in [0.15, 0.2) is 200 Å². The number of rotatable bonds is 10. The first-order chi connectivity index (χ1) is 33.1. The highest BCUT2D eigenvalue weighted by atomic mass is 15.4. The molecule has 69 heavy (non-hydrogen) atoms. The van der Waals surface area contributed by atoms with Crippen molar-refractivity contribution >= 4 is 33.2 Å². The lowest BCUT2D eigenvalue weighted by atomic mass is 9.64. The van der Waals surface area contributed by atoms with Crippen LogP contribution >= 0.6 is 0 Å². The fourth-order valence-electron chi connectivity index (χ4n) is 10.7. The van der Waals surface area contributed by atoms with E-state index < -0.39 is 5.41 Å². The molecule has 9 aromatic rings. The van der Waals surface area contributed by atoms with Gasteiger partial charge in [0.15, 0.2) is 0 Å². The molecule has 0 fully saturated rings. The second-order valence-corrected chi connectivity index (χ2v) is 21.8. The molecule has 0 saturated heterocycles. The van der Waals surface area contributed by atoms with E-state index in [1.54, 1.807) is 0 Å². The van der Waals surface area contributed by atoms with Crippen molar-refractivity contribution in [2.75, 3.05) is 16.5 Å². The Balaban J connectivity index is 1.24. The van der Waals surface area contributed by atoms with Gasteiger partial charge >= 0.3 is 0 Å². The summed E-state index contributed by atoms with van der Waals surface area (Å²) in [6, 6.07) is 68.3. The van der Waals surface area contributed by atoms with Crippen molar-refractivity contribution in [3.05, 3.63) is 239 Å². The zero-order valence-corrected chi connectivity index (χ0v) is 42.2. The van der Waals surface area contributed by atoms with Gasteiger partial charge in [0.1, 0.15) is 5.82 Å². The number of hydrogen-bond acceptors (Lipinski definition) is 3. The normalized spacial score (nSPS) is 13.7. The number of allylic oxidation sites excluding steroid dienone is 2. The number of pyridine rings is 1. The van der Waals surface area contributed by atoms with Gasteiger partial charge < -0.3 is 9.80 Å². The third-order valence-electron chi connectivity index (χ3n) is 14.6. The Morgan fingerprint density at radius 3 is 1.59 bits per heavy atom. The smallest absolute Gasteiger partial charge is 0.137 e. The van der Waals surface area contributed by atoms with E-state index in [4.69, 9.17) is 4.98 Å². The van der Waals surface area contributed by atoms with Gasteiger partial charge in [-0.3, -0.25) is 4.57 Å². The Hall–Kier alpha value is -7.17. The van der Waals surface area contributed by atoms with Crippen LogP contribution in [-0.4, -0.2) is 16.2 Å². The van der Waals surface area contributed by atoms with Crippen molar-refractivity contribution in [3.8, 4) is 16.9 Å². The van der Waals surface area contributed by atoms with Crippen molar-refractivity contribution in [2.45, 2.75) is 91.9 Å². The van der Waals surface area contributed by atoms with Crippen molar-refractivity contribution in [3.63, 3.8) is 0 Å². The number of para-hydroxylation sites is 1. The Morgan fingerprint density at radius 1 is 0.464 bits per heavy atom. The predicted octanol–water partition coefficient (Wildman–Crippen LogP) is 16.6. The quantitative estimate of drug-likeness (QED) is 0.128. The summed E-state index contributed by atoms with van der Waals surface area (Å²) in [5.41, 5.74) is 17.6. The summed E-state index contributed by atoms with van der Waals surface area (Å²) in [6.07, 6.45) is 2.97. The summed E-state index contributed by atoms with van der Waals surface area (Å²) < 4.78 is 2.39. The first-order valence-electron chi connectivity index (χ1n) is 24.8. The van der Waals surface area contributed by atoms with Crippen LogP contribution in [0.5, 0.6) is 0 Å². The van der Waals surface area contributed by atoms with E-state index in [1.807, 2.05) is 6.20 Å². The molecule has 0 saturated carbocycles. The Bertz CT molecular complexity index is 3270. The zero-order chi connectivity index (χ0) is 48.2. The minimum Gasteiger partial charge on any atom is -0.325 e. The van der Waals surface area contributed by atoms with Crippen LogP contribution < -0.4 is 9.80 Å². The van der Waals surface area contributed by atoms with Gasteiger partial charge in [-0.15, -0.1) is 0 Å². The van der Waals surface area contributed by atoms with E-state index >= 15 is 0 Å². The largest absolute Gasteiger partial charge is 0.325 e. The van der Waals surface area contributed by atoms with E-state index in [9.17, 15) is 0 Å². The van der Waals surface area contributed by atoms with E-state index in [0.717, 1.165) is 29.0 Å². The van der Waals surface area contributed by atoms with Gasteiger partial charge in [-0.25, -0.2) is 4.98 Å². The van der Waals surface area contributed by atoms with E-state index in [1.165, 1.54) is 77.9 Å². The molecular formula is C65H66N4. The molecule has 2 aromatic heterocycles. The first-order valence-corrected chi connectivity index (χ1v) is 24.8. The second-order valence-electron chi connectivity index (χ2n) is 21.8. The zero-order valence-electron chi connectivity index (χ0n) is 42.2. The molecule has 0 aliphatic carbocycles. The molecule has 0 spiro atoms. The van der Waals surface area contributed by atoms with Gasteiger partial charge in [0.2, 0.25) is 0 Å². The second kappa shape index (κ2) is 17.7. The maximum atomic E-state index is 5.08. The highest BCUT2D eigenvalue weighted by Crippen LogP contribution is 2.49. The number of aromatic nitrogens is 2. The molecule has 0 atom stereocenters. The van der Waals surface area contributed by atoms with E-state index in [-0.39, 0.29) is 10.8 Å². The van der Waals surface area contributed by atoms with Crippen molar-refractivity contribution in [2.24, 2.45) is 5.92 Å². The third-order valence-corrected chi connectivity index (χ3v) is 14.6. The number of nitrogens with zero attached hydrogens (tertiary/aromatic N) is 4. The molecule has 10 rings (SSSR count). The fraction of sp³-hybridized carbons (Fsp3) is 0.246. The molecule has 4 nitrogen and oxygen atoms in total. The summed E-state index contributed by atoms with van der Waals surface area (Å²) in [6.45, 7) is 23.8. The summed E-state index contributed by atoms with van der Waals surface area (Å²) in [7, 11) is 0. The van der Waals surface area contributed by atoms with Gasteiger partial charge in [0.25, 0.3) is 0 Å². The lowest BCUT2D eigenvalue weighted by Gasteiger charge is -2.38. The maximum Gasteiger partial charge on any atom is 0.137 e. The van der Waals surface area contributed by atoms with Gasteiger partial charge in [0.05, 0.1) is 23.1 Å². The molecule has 0 bridgehead atoms. The lowest BCUT2D eigenvalue weighted by Crippen LogP contribution is -2.32. The molecular weight excluding hydrogens is 837 g/mol. The van der Waals surface area contributed by atoms with Crippen LogP contribution in [0.2, 0.25) is 0 Å². The van der Waals surface area contributed by atoms with Crippen LogP contribution in [-0.2, 0) is 22.7 Å². The molecule has 4 heteroatoms. The van der Waals surface area contributed by atoms with Crippen LogP contribution in [0, 0.1) is 5.92 Å². The van der Waals surface area contributed by atoms with Crippen molar-refractivity contribution < 1.29 is 0 Å². The Kier molecular flexibility index (Phi) is 11.7. The average molecular weight is 903 g/mol. The average Bonchev–Trinajstić information content (AvgIpc) is 3.84. The van der Waals surface area contributed by atoms with Gasteiger partial charge in [-0.2, -0.15) is 0 Å². The van der Waals surface area contributed by atoms with Gasteiger partial charge in [-0.05, 0) is 142 Å². The van der Waals surface area contributed by atoms with E-state index in [2.05, 4.69) is 266 Å². The maximum absolute atomic E-state index is 5.08. The summed E-state index contributed by atoms with van der Waals surface area (Å²) in [5, 5.41) is 2.42. The van der Waals surface area contributed by atoms with Crippen LogP contribution in [0.25, 0.3) is 38.8 Å². The van der Waals surface area contributed by atoms with Gasteiger partial charge in [-0.1, -0.05) is 183 Å². The molecule has 1 aliphatic heterocycles. The summed E-state index contributed by atoms with van der Waals surface area (Å²) in [4.78, 5) is 10.1. The third kappa shape index (κ3) is 8.35. The Morgan fingerprint density at radius 2 is 1.00 bits per heavy atom. The molecule has 346 valence electrons. The van der Waals surface area contributed by atoms with Gasteiger partial charge in [0, 0.05) is 39.7 Å². The summed E-state index contributed by atoms with van der Waals surface area (Å²) >= 11 is 0. The minimum atomic E-state index is -0.737. The number of anilines is 2. The summed E-state index contributed by atoms with van der Waals surface area (Å²) in [5.74, 6) is 1.47.